The molecule has 4 aromatic rings. The lowest BCUT2D eigenvalue weighted by molar-refractivity contribution is -0.117. The van der Waals surface area contributed by atoms with Crippen LogP contribution in [0.5, 0.6) is 0 Å². The summed E-state index contributed by atoms with van der Waals surface area (Å²) in [5, 5.41) is 7.99. The van der Waals surface area contributed by atoms with Crippen LogP contribution in [0.15, 0.2) is 65.4 Å². The molecular weight excluding hydrogens is 430 g/mol. The number of rotatable bonds is 8. The lowest BCUT2D eigenvalue weighted by atomic mass is 10.0. The predicted octanol–water partition coefficient (Wildman–Crippen LogP) is 5.01. The maximum absolute atomic E-state index is 13.9. The van der Waals surface area contributed by atoms with E-state index < -0.39 is 0 Å². The Hall–Kier alpha value is -3.94. The molecule has 1 aromatic carbocycles. The molecule has 176 valence electrons. The Kier molecular flexibility index (Phi) is 6.77. The molecule has 8 nitrogen and oxygen atoms in total. The molecule has 3 heterocycles. The largest absolute Gasteiger partial charge is 0.467 e. The van der Waals surface area contributed by atoms with Crippen LogP contribution in [0.25, 0.3) is 11.0 Å². The molecule has 0 saturated carbocycles. The van der Waals surface area contributed by atoms with Crippen molar-refractivity contribution in [3.8, 4) is 0 Å². The van der Waals surface area contributed by atoms with Crippen molar-refractivity contribution in [1.29, 1.82) is 0 Å². The summed E-state index contributed by atoms with van der Waals surface area (Å²) in [6, 6.07) is 14.6. The van der Waals surface area contributed by atoms with Gasteiger partial charge < -0.3 is 14.6 Å². The van der Waals surface area contributed by atoms with Gasteiger partial charge in [-0.2, -0.15) is 5.10 Å². The molecule has 0 fully saturated rings. The summed E-state index contributed by atoms with van der Waals surface area (Å²) in [7, 11) is 0. The number of carbonyl (C=O) groups excluding carboxylic acids is 2. The van der Waals surface area contributed by atoms with Crippen molar-refractivity contribution in [3.63, 3.8) is 0 Å². The van der Waals surface area contributed by atoms with Gasteiger partial charge in [0.1, 0.15) is 12.3 Å². The summed E-state index contributed by atoms with van der Waals surface area (Å²) in [6.45, 7) is 8.14. The first-order valence-electron chi connectivity index (χ1n) is 11.4. The smallest absolute Gasteiger partial charge is 0.255 e. The zero-order chi connectivity index (χ0) is 24.2. The SMILES string of the molecule is CC(C)c1cc(C(=O)N(CC(=O)Nc2ccccc2)Cc2ccco2)c2cnn(C(C)C)c2n1. The first-order valence-corrected chi connectivity index (χ1v) is 11.4. The van der Waals surface area contributed by atoms with E-state index in [4.69, 9.17) is 9.40 Å². The summed E-state index contributed by atoms with van der Waals surface area (Å²) >= 11 is 0. The van der Waals surface area contributed by atoms with E-state index in [1.807, 2.05) is 56.6 Å². The number of anilines is 1. The molecule has 0 saturated heterocycles. The van der Waals surface area contributed by atoms with Gasteiger partial charge in [0.2, 0.25) is 5.91 Å². The van der Waals surface area contributed by atoms with Crippen LogP contribution in [0, 0.1) is 0 Å². The van der Waals surface area contributed by atoms with Crippen LogP contribution in [0.4, 0.5) is 5.69 Å². The summed E-state index contributed by atoms with van der Waals surface area (Å²) in [5.74, 6) is 0.134. The summed E-state index contributed by atoms with van der Waals surface area (Å²) in [5.41, 5.74) is 2.60. The van der Waals surface area contributed by atoms with Gasteiger partial charge in [-0.05, 0) is 50.1 Å². The van der Waals surface area contributed by atoms with Crippen LogP contribution in [0.1, 0.15) is 61.5 Å². The molecule has 0 aliphatic carbocycles. The van der Waals surface area contributed by atoms with E-state index >= 15 is 0 Å². The van der Waals surface area contributed by atoms with Crippen molar-refractivity contribution in [2.24, 2.45) is 0 Å². The zero-order valence-electron chi connectivity index (χ0n) is 19.9. The molecule has 0 bridgehead atoms. The molecule has 4 rings (SSSR count). The minimum Gasteiger partial charge on any atom is -0.467 e. The average Bonchev–Trinajstić information content (AvgIpc) is 3.48. The Morgan fingerprint density at radius 1 is 1.09 bits per heavy atom. The maximum atomic E-state index is 13.9. The van der Waals surface area contributed by atoms with E-state index in [1.165, 1.54) is 4.90 Å². The normalized spacial score (nSPS) is 11.4. The highest BCUT2D eigenvalue weighted by molar-refractivity contribution is 6.07. The van der Waals surface area contributed by atoms with Gasteiger partial charge in [-0.1, -0.05) is 32.0 Å². The van der Waals surface area contributed by atoms with Gasteiger partial charge in [0.15, 0.2) is 5.65 Å². The molecule has 2 amide bonds. The summed E-state index contributed by atoms with van der Waals surface area (Å²) < 4.78 is 7.30. The van der Waals surface area contributed by atoms with Crippen molar-refractivity contribution in [2.45, 2.75) is 46.2 Å². The summed E-state index contributed by atoms with van der Waals surface area (Å²) in [6.07, 6.45) is 3.23. The molecule has 0 aliphatic rings. The standard InChI is InChI=1S/C26H29N5O3/c1-17(2)23-13-21(22-14-27-31(18(3)4)25(22)29-23)26(33)30(15-20-11-8-12-34-20)16-24(32)28-19-9-6-5-7-10-19/h5-14,17-18H,15-16H2,1-4H3,(H,28,32). The Bertz CT molecular complexity index is 1280. The van der Waals surface area contributed by atoms with Gasteiger partial charge in [-0.25, -0.2) is 9.67 Å². The molecule has 0 unspecified atom stereocenters. The topological polar surface area (TPSA) is 93.3 Å². The van der Waals surface area contributed by atoms with Gasteiger partial charge >= 0.3 is 0 Å². The fraction of sp³-hybridized carbons (Fsp3) is 0.308. The molecule has 0 aliphatic heterocycles. The number of fused-ring (bicyclic) bond motifs is 1. The van der Waals surface area contributed by atoms with Gasteiger partial charge in [-0.3, -0.25) is 9.59 Å². The van der Waals surface area contributed by atoms with Crippen LogP contribution in [0.2, 0.25) is 0 Å². The highest BCUT2D eigenvalue weighted by Gasteiger charge is 2.25. The molecular formula is C26H29N5O3. The van der Waals surface area contributed by atoms with Crippen LogP contribution < -0.4 is 5.32 Å². The fourth-order valence-corrected chi connectivity index (χ4v) is 3.74. The molecule has 8 heteroatoms. The number of nitrogens with one attached hydrogen (secondary N) is 1. The quantitative estimate of drug-likeness (QED) is 0.400. The monoisotopic (exact) mass is 459 g/mol. The number of nitrogens with zero attached hydrogens (tertiary/aromatic N) is 4. The van der Waals surface area contributed by atoms with E-state index in [-0.39, 0.29) is 36.9 Å². The molecule has 1 N–H and O–H groups in total. The third-order valence-corrected chi connectivity index (χ3v) is 5.50. The Balaban J connectivity index is 1.71. The number of aromatic nitrogens is 3. The zero-order valence-corrected chi connectivity index (χ0v) is 19.9. The predicted molar refractivity (Wildman–Crippen MR) is 131 cm³/mol. The van der Waals surface area contributed by atoms with Crippen molar-refractivity contribution < 1.29 is 14.0 Å². The van der Waals surface area contributed by atoms with E-state index in [0.717, 1.165) is 5.69 Å². The molecule has 34 heavy (non-hydrogen) atoms. The van der Waals surface area contributed by atoms with E-state index in [1.54, 1.807) is 36.7 Å². The Morgan fingerprint density at radius 2 is 1.85 bits per heavy atom. The van der Waals surface area contributed by atoms with E-state index in [2.05, 4.69) is 10.4 Å². The van der Waals surface area contributed by atoms with E-state index in [0.29, 0.717) is 28.0 Å². The van der Waals surface area contributed by atoms with Gasteiger partial charge in [0, 0.05) is 17.4 Å². The number of para-hydroxylation sites is 1. The number of hydrogen-bond acceptors (Lipinski definition) is 5. The Morgan fingerprint density at radius 3 is 2.50 bits per heavy atom. The second-order valence-corrected chi connectivity index (χ2v) is 8.82. The highest BCUT2D eigenvalue weighted by atomic mass is 16.3. The molecule has 3 aromatic heterocycles. The van der Waals surface area contributed by atoms with Gasteiger partial charge in [0.05, 0.1) is 30.0 Å². The molecule has 0 atom stereocenters. The molecule has 0 radical (unpaired) electrons. The number of pyridine rings is 1. The minimum atomic E-state index is -0.293. The third kappa shape index (κ3) is 5.01. The van der Waals surface area contributed by atoms with Crippen molar-refractivity contribution >= 4 is 28.5 Å². The van der Waals surface area contributed by atoms with Crippen LogP contribution in [-0.4, -0.2) is 38.0 Å². The lowest BCUT2D eigenvalue weighted by Crippen LogP contribution is -2.37. The Labute approximate surface area is 198 Å². The third-order valence-electron chi connectivity index (χ3n) is 5.50. The maximum Gasteiger partial charge on any atom is 0.255 e. The lowest BCUT2D eigenvalue weighted by Gasteiger charge is -2.22. The average molecular weight is 460 g/mol. The fourth-order valence-electron chi connectivity index (χ4n) is 3.74. The van der Waals surface area contributed by atoms with Crippen molar-refractivity contribution in [2.75, 3.05) is 11.9 Å². The first-order chi connectivity index (χ1) is 16.3. The van der Waals surface area contributed by atoms with Crippen LogP contribution >= 0.6 is 0 Å². The number of amides is 2. The second-order valence-electron chi connectivity index (χ2n) is 8.82. The first kappa shape index (κ1) is 23.2. The number of carbonyl (C=O) groups is 2. The van der Waals surface area contributed by atoms with Crippen molar-refractivity contribution in [1.82, 2.24) is 19.7 Å². The summed E-state index contributed by atoms with van der Waals surface area (Å²) in [4.78, 5) is 33.0. The van der Waals surface area contributed by atoms with Gasteiger partial charge in [0.25, 0.3) is 5.91 Å². The van der Waals surface area contributed by atoms with E-state index in [9.17, 15) is 9.59 Å². The number of furan rings is 1. The number of hydrogen-bond donors (Lipinski definition) is 1. The van der Waals surface area contributed by atoms with Crippen LogP contribution in [0.3, 0.4) is 0 Å². The number of benzene rings is 1. The van der Waals surface area contributed by atoms with Crippen LogP contribution in [-0.2, 0) is 11.3 Å². The van der Waals surface area contributed by atoms with Crippen molar-refractivity contribution in [3.05, 3.63) is 78.0 Å². The molecule has 0 spiro atoms. The minimum absolute atomic E-state index is 0.0891. The highest BCUT2D eigenvalue weighted by Crippen LogP contribution is 2.26. The second kappa shape index (κ2) is 9.91. The van der Waals surface area contributed by atoms with Gasteiger partial charge in [-0.15, -0.1) is 0 Å².